The van der Waals surface area contributed by atoms with Gasteiger partial charge in [-0.3, -0.25) is 4.79 Å². The van der Waals surface area contributed by atoms with E-state index >= 15 is 0 Å². The third-order valence-corrected chi connectivity index (χ3v) is 3.25. The second-order valence-corrected chi connectivity index (χ2v) is 4.77. The van der Waals surface area contributed by atoms with Crippen molar-refractivity contribution < 1.29 is 4.79 Å². The molecule has 0 heterocycles. The monoisotopic (exact) mass is 309 g/mol. The van der Waals surface area contributed by atoms with E-state index in [1.54, 1.807) is 25.1 Å². The molecule has 0 spiro atoms. The molecule has 0 bridgehead atoms. The van der Waals surface area contributed by atoms with Crippen molar-refractivity contribution in [2.45, 2.75) is 6.92 Å². The van der Waals surface area contributed by atoms with Gasteiger partial charge in [-0.25, -0.2) is 0 Å². The lowest BCUT2D eigenvalue weighted by Crippen LogP contribution is -2.21. The van der Waals surface area contributed by atoms with Crippen LogP contribution >= 0.6 is 39.1 Å². The molecular weight excluding hydrogens is 301 g/mol. The van der Waals surface area contributed by atoms with Gasteiger partial charge in [-0.2, -0.15) is 0 Å². The molecule has 1 aromatic rings. The van der Waals surface area contributed by atoms with Crippen LogP contribution < -0.4 is 5.32 Å². The molecule has 0 saturated carbocycles. The number of amides is 1. The number of hydrogen-bond acceptors (Lipinski definition) is 1. The molecule has 82 valence electrons. The van der Waals surface area contributed by atoms with E-state index in [9.17, 15) is 4.79 Å². The van der Waals surface area contributed by atoms with Crippen molar-refractivity contribution in [3.8, 4) is 0 Å². The van der Waals surface area contributed by atoms with Crippen LogP contribution in [0.1, 0.15) is 6.92 Å². The lowest BCUT2D eigenvalue weighted by atomic mass is 10.2. The van der Waals surface area contributed by atoms with Crippen molar-refractivity contribution in [3.63, 3.8) is 0 Å². The normalized spacial score (nSPS) is 12.3. The van der Waals surface area contributed by atoms with Crippen molar-refractivity contribution >= 4 is 50.7 Å². The minimum Gasteiger partial charge on any atom is -0.325 e. The highest BCUT2D eigenvalue weighted by molar-refractivity contribution is 9.10. The lowest BCUT2D eigenvalue weighted by molar-refractivity contribution is -0.118. The Morgan fingerprint density at radius 1 is 1.60 bits per heavy atom. The highest BCUT2D eigenvalue weighted by Gasteiger charge is 2.12. The molecule has 1 aromatic carbocycles. The van der Waals surface area contributed by atoms with Gasteiger partial charge in [-0.1, -0.05) is 18.5 Å². The summed E-state index contributed by atoms with van der Waals surface area (Å²) in [6.07, 6.45) is 0. The first-order valence-electron chi connectivity index (χ1n) is 4.36. The number of nitrogens with one attached hydrogen (secondary N) is 1. The van der Waals surface area contributed by atoms with Crippen LogP contribution in [0.4, 0.5) is 5.69 Å². The summed E-state index contributed by atoms with van der Waals surface area (Å²) in [5, 5.41) is 3.32. The molecular formula is C10H10BrCl2NO. The molecule has 5 heteroatoms. The van der Waals surface area contributed by atoms with E-state index in [0.717, 1.165) is 4.47 Å². The van der Waals surface area contributed by atoms with Gasteiger partial charge in [0.05, 0.1) is 5.69 Å². The number of anilines is 1. The minimum absolute atomic E-state index is 0.118. The van der Waals surface area contributed by atoms with Gasteiger partial charge in [-0.15, -0.1) is 11.6 Å². The quantitative estimate of drug-likeness (QED) is 0.842. The first kappa shape index (κ1) is 12.8. The molecule has 1 unspecified atom stereocenters. The molecule has 1 atom stereocenters. The van der Waals surface area contributed by atoms with Gasteiger partial charge in [0.15, 0.2) is 0 Å². The largest absolute Gasteiger partial charge is 0.325 e. The van der Waals surface area contributed by atoms with Crippen LogP contribution in [-0.2, 0) is 4.79 Å². The summed E-state index contributed by atoms with van der Waals surface area (Å²) in [7, 11) is 0. The molecule has 0 aliphatic carbocycles. The Labute approximate surface area is 107 Å². The third kappa shape index (κ3) is 3.67. The fraction of sp³-hybridized carbons (Fsp3) is 0.300. The fourth-order valence-electron chi connectivity index (χ4n) is 0.919. The number of hydrogen-bond donors (Lipinski definition) is 1. The van der Waals surface area contributed by atoms with E-state index in [2.05, 4.69) is 21.2 Å². The molecule has 0 aromatic heterocycles. The van der Waals surface area contributed by atoms with Crippen molar-refractivity contribution in [1.82, 2.24) is 0 Å². The summed E-state index contributed by atoms with van der Waals surface area (Å²) < 4.78 is 0.794. The van der Waals surface area contributed by atoms with Crippen LogP contribution in [0.3, 0.4) is 0 Å². The standard InChI is InChI=1S/C10H10BrCl2NO/c1-6(5-12)10(15)14-9-4-7(13)2-3-8(9)11/h2-4,6H,5H2,1H3,(H,14,15). The topological polar surface area (TPSA) is 29.1 Å². The van der Waals surface area contributed by atoms with Gasteiger partial charge in [0.2, 0.25) is 5.91 Å². The van der Waals surface area contributed by atoms with Gasteiger partial charge in [0.25, 0.3) is 0 Å². The Hall–Kier alpha value is -0.250. The predicted octanol–water partition coefficient (Wildman–Crippen LogP) is 3.92. The second-order valence-electron chi connectivity index (χ2n) is 3.17. The Morgan fingerprint density at radius 2 is 2.27 bits per heavy atom. The number of alkyl halides is 1. The Bertz CT molecular complexity index is 370. The summed E-state index contributed by atoms with van der Waals surface area (Å²) in [5.41, 5.74) is 0.657. The van der Waals surface area contributed by atoms with E-state index < -0.39 is 0 Å². The molecule has 1 N–H and O–H groups in total. The molecule has 0 aliphatic rings. The maximum Gasteiger partial charge on any atom is 0.228 e. The maximum atomic E-state index is 11.5. The van der Waals surface area contributed by atoms with Crippen molar-refractivity contribution in [1.29, 1.82) is 0 Å². The molecule has 0 radical (unpaired) electrons. The molecule has 0 aliphatic heterocycles. The molecule has 0 fully saturated rings. The van der Waals surface area contributed by atoms with E-state index in [4.69, 9.17) is 23.2 Å². The number of carbonyl (C=O) groups is 1. The zero-order valence-corrected chi connectivity index (χ0v) is 11.2. The van der Waals surface area contributed by atoms with Crippen LogP contribution in [0.5, 0.6) is 0 Å². The highest BCUT2D eigenvalue weighted by atomic mass is 79.9. The van der Waals surface area contributed by atoms with Crippen LogP contribution in [-0.4, -0.2) is 11.8 Å². The van der Waals surface area contributed by atoms with Gasteiger partial charge in [-0.05, 0) is 34.1 Å². The summed E-state index contributed by atoms with van der Waals surface area (Å²) >= 11 is 14.7. The maximum absolute atomic E-state index is 11.5. The Morgan fingerprint density at radius 3 is 2.87 bits per heavy atom. The van der Waals surface area contributed by atoms with Crippen LogP contribution in [0.15, 0.2) is 22.7 Å². The molecule has 2 nitrogen and oxygen atoms in total. The Kier molecular flexibility index (Phi) is 4.90. The first-order valence-corrected chi connectivity index (χ1v) is 6.07. The summed E-state index contributed by atoms with van der Waals surface area (Å²) in [6.45, 7) is 1.76. The van der Waals surface area contributed by atoms with Crippen molar-refractivity contribution in [2.75, 3.05) is 11.2 Å². The minimum atomic E-state index is -0.224. The summed E-state index contributed by atoms with van der Waals surface area (Å²) in [6, 6.07) is 5.21. The van der Waals surface area contributed by atoms with E-state index in [-0.39, 0.29) is 11.8 Å². The fourth-order valence-corrected chi connectivity index (χ4v) is 1.58. The molecule has 15 heavy (non-hydrogen) atoms. The lowest BCUT2D eigenvalue weighted by Gasteiger charge is -2.10. The Balaban J connectivity index is 2.80. The zero-order valence-electron chi connectivity index (χ0n) is 8.06. The van der Waals surface area contributed by atoms with Crippen LogP contribution in [0, 0.1) is 5.92 Å². The van der Waals surface area contributed by atoms with Crippen molar-refractivity contribution in [2.24, 2.45) is 5.92 Å². The number of halogens is 3. The smallest absolute Gasteiger partial charge is 0.228 e. The molecule has 1 amide bonds. The van der Waals surface area contributed by atoms with E-state index in [1.807, 2.05) is 0 Å². The van der Waals surface area contributed by atoms with Crippen molar-refractivity contribution in [3.05, 3.63) is 27.7 Å². The van der Waals surface area contributed by atoms with E-state index in [0.29, 0.717) is 16.6 Å². The third-order valence-electron chi connectivity index (χ3n) is 1.87. The summed E-state index contributed by atoms with van der Waals surface area (Å²) in [4.78, 5) is 11.5. The van der Waals surface area contributed by atoms with Crippen LogP contribution in [0.25, 0.3) is 0 Å². The van der Waals surface area contributed by atoms with Gasteiger partial charge < -0.3 is 5.32 Å². The number of carbonyl (C=O) groups excluding carboxylic acids is 1. The molecule has 1 rings (SSSR count). The SMILES string of the molecule is CC(CCl)C(=O)Nc1cc(Cl)ccc1Br. The van der Waals surface area contributed by atoms with E-state index in [1.165, 1.54) is 0 Å². The number of benzene rings is 1. The highest BCUT2D eigenvalue weighted by Crippen LogP contribution is 2.26. The predicted molar refractivity (Wildman–Crippen MR) is 67.7 cm³/mol. The first-order chi connectivity index (χ1) is 7.04. The van der Waals surface area contributed by atoms with Crippen LogP contribution in [0.2, 0.25) is 5.02 Å². The molecule has 0 saturated heterocycles. The van der Waals surface area contributed by atoms with Gasteiger partial charge in [0, 0.05) is 21.3 Å². The van der Waals surface area contributed by atoms with Gasteiger partial charge in [0.1, 0.15) is 0 Å². The average molecular weight is 311 g/mol. The number of rotatable bonds is 3. The second kappa shape index (κ2) is 5.73. The van der Waals surface area contributed by atoms with Gasteiger partial charge >= 0.3 is 0 Å². The summed E-state index contributed by atoms with van der Waals surface area (Å²) in [5.74, 6) is -0.0465. The zero-order chi connectivity index (χ0) is 11.4. The average Bonchev–Trinajstić information content (AvgIpc) is 2.22.